The largest absolute Gasteiger partial charge is 0.493 e. The molecule has 0 aromatic heterocycles. The smallest absolute Gasteiger partial charge is 0.380 e. The first-order valence-electron chi connectivity index (χ1n) is 9.80. The molecule has 0 saturated heterocycles. The normalized spacial score (nSPS) is 33.1. The van der Waals surface area contributed by atoms with E-state index in [1.807, 2.05) is 12.1 Å². The average molecular weight is 380 g/mol. The Balaban J connectivity index is 1.70. The van der Waals surface area contributed by atoms with Crippen molar-refractivity contribution in [3.05, 3.63) is 23.3 Å². The second kappa shape index (κ2) is 6.41. The van der Waals surface area contributed by atoms with Crippen LogP contribution < -0.4 is 14.1 Å². The summed E-state index contributed by atoms with van der Waals surface area (Å²) >= 11 is 0. The minimum absolute atomic E-state index is 0.201. The maximum atomic E-state index is 11.4. The summed E-state index contributed by atoms with van der Waals surface area (Å²) in [6.45, 7) is 2.37. The lowest BCUT2D eigenvalue weighted by Gasteiger charge is -2.50. The number of ether oxygens (including phenoxy) is 1. The van der Waals surface area contributed by atoms with E-state index in [2.05, 4.69) is 6.92 Å². The van der Waals surface area contributed by atoms with Crippen LogP contribution in [0.4, 0.5) is 0 Å². The molecule has 2 fully saturated rings. The Hall–Kier alpha value is -1.27. The Morgan fingerprint density at radius 1 is 1.19 bits per heavy atom. The van der Waals surface area contributed by atoms with Crippen molar-refractivity contribution in [3.8, 4) is 11.5 Å². The Labute approximate surface area is 156 Å². The van der Waals surface area contributed by atoms with E-state index in [4.69, 9.17) is 14.1 Å². The summed E-state index contributed by atoms with van der Waals surface area (Å²) in [6.07, 6.45) is 10.1. The van der Waals surface area contributed by atoms with Crippen LogP contribution in [-0.4, -0.2) is 15.5 Å². The van der Waals surface area contributed by atoms with Crippen molar-refractivity contribution in [1.29, 1.82) is 0 Å². The summed E-state index contributed by atoms with van der Waals surface area (Å²) in [6, 6.07) is 3.83. The molecule has 4 rings (SSSR count). The highest BCUT2D eigenvalue weighted by Gasteiger charge is 2.51. The van der Waals surface area contributed by atoms with Crippen molar-refractivity contribution >= 4 is 10.3 Å². The van der Waals surface area contributed by atoms with E-state index in [1.54, 1.807) is 0 Å². The van der Waals surface area contributed by atoms with E-state index in [0.29, 0.717) is 17.1 Å². The van der Waals surface area contributed by atoms with Gasteiger partial charge in [-0.3, -0.25) is 0 Å². The zero-order chi connectivity index (χ0) is 18.5. The molecule has 144 valence electrons. The quantitative estimate of drug-likeness (QED) is 0.860. The highest BCUT2D eigenvalue weighted by Crippen LogP contribution is 2.62. The summed E-state index contributed by atoms with van der Waals surface area (Å²) in [5.41, 5.74) is 3.09. The molecule has 3 aliphatic carbocycles. The summed E-state index contributed by atoms with van der Waals surface area (Å²) in [7, 11) is -2.52. The first-order chi connectivity index (χ1) is 12.4. The van der Waals surface area contributed by atoms with Gasteiger partial charge in [-0.1, -0.05) is 19.8 Å². The number of rotatable bonds is 4. The van der Waals surface area contributed by atoms with Crippen LogP contribution in [-0.2, 0) is 16.7 Å². The van der Waals surface area contributed by atoms with Crippen LogP contribution in [0.25, 0.3) is 0 Å². The van der Waals surface area contributed by atoms with Gasteiger partial charge in [0.1, 0.15) is 0 Å². The minimum Gasteiger partial charge on any atom is -0.493 e. The summed E-state index contributed by atoms with van der Waals surface area (Å²) in [5, 5.41) is 5.06. The average Bonchev–Trinajstić information content (AvgIpc) is 3.04. The molecule has 4 atom stereocenters. The zero-order valence-corrected chi connectivity index (χ0v) is 16.5. The minimum atomic E-state index is -4.06. The second-order valence-corrected chi connectivity index (χ2v) is 9.49. The fraction of sp³-hybridized carbons (Fsp3) is 0.700. The number of hydrogen-bond acceptors (Lipinski definition) is 4. The lowest BCUT2D eigenvalue weighted by molar-refractivity contribution is 0.0408. The molecule has 1 aromatic rings. The number of nitrogens with two attached hydrogens (primary N) is 1. The number of benzene rings is 1. The maximum Gasteiger partial charge on any atom is 0.380 e. The Morgan fingerprint density at radius 3 is 2.69 bits per heavy atom. The van der Waals surface area contributed by atoms with E-state index in [-0.39, 0.29) is 5.75 Å². The molecule has 0 unspecified atom stereocenters. The lowest BCUT2D eigenvalue weighted by Crippen LogP contribution is -2.40. The Morgan fingerprint density at radius 2 is 2.00 bits per heavy atom. The van der Waals surface area contributed by atoms with Gasteiger partial charge in [0.25, 0.3) is 0 Å². The SMILES string of the molecule is CC[C@@]12CCC[C@H]1[C@@H]1CCc3cc(OS(N)(=O)=O)c(OC)cc3[C@H]1CC2. The van der Waals surface area contributed by atoms with Crippen LogP contribution in [0.5, 0.6) is 11.5 Å². The molecule has 0 amide bonds. The van der Waals surface area contributed by atoms with Crippen LogP contribution in [0, 0.1) is 17.3 Å². The summed E-state index contributed by atoms with van der Waals surface area (Å²) < 4.78 is 33.1. The van der Waals surface area contributed by atoms with Gasteiger partial charge in [0.15, 0.2) is 11.5 Å². The second-order valence-electron chi connectivity index (χ2n) is 8.34. The van der Waals surface area contributed by atoms with Crippen LogP contribution in [0.1, 0.15) is 68.9 Å². The lowest BCUT2D eigenvalue weighted by atomic mass is 9.54. The third kappa shape index (κ3) is 2.91. The number of aryl methyl sites for hydroxylation is 1. The van der Waals surface area contributed by atoms with Crippen LogP contribution in [0.15, 0.2) is 12.1 Å². The standard InChI is InChI=1S/C20H29NO4S/c1-3-20-9-4-5-17(20)15-7-6-13-11-19(25-26(21,22)23)18(24-2)12-16(13)14(15)8-10-20/h11-12,14-15,17H,3-10H2,1-2H3,(H2,21,22,23)/t14-,15+,17-,20-/m0/s1. The van der Waals surface area contributed by atoms with Crippen LogP contribution in [0.3, 0.4) is 0 Å². The predicted octanol–water partition coefficient (Wildman–Crippen LogP) is 3.91. The highest BCUT2D eigenvalue weighted by molar-refractivity contribution is 7.84. The first kappa shape index (κ1) is 18.1. The van der Waals surface area contributed by atoms with Gasteiger partial charge < -0.3 is 8.92 Å². The molecule has 2 N–H and O–H groups in total. The van der Waals surface area contributed by atoms with E-state index in [1.165, 1.54) is 63.2 Å². The molecule has 3 aliphatic rings. The van der Waals surface area contributed by atoms with Gasteiger partial charge in [-0.05, 0) is 85.0 Å². The third-order valence-electron chi connectivity index (χ3n) is 7.45. The number of hydrogen-bond donors (Lipinski definition) is 1. The molecule has 26 heavy (non-hydrogen) atoms. The number of methoxy groups -OCH3 is 1. The molecule has 0 radical (unpaired) electrons. The topological polar surface area (TPSA) is 78.6 Å². The monoisotopic (exact) mass is 379 g/mol. The van der Waals surface area contributed by atoms with Crippen molar-refractivity contribution in [2.75, 3.05) is 7.11 Å². The van der Waals surface area contributed by atoms with Gasteiger partial charge in [0, 0.05) is 0 Å². The van der Waals surface area contributed by atoms with Gasteiger partial charge in [-0.2, -0.15) is 13.6 Å². The molecule has 0 heterocycles. The summed E-state index contributed by atoms with van der Waals surface area (Å²) in [5.74, 6) is 2.79. The first-order valence-corrected chi connectivity index (χ1v) is 11.3. The third-order valence-corrected chi connectivity index (χ3v) is 7.86. The molecule has 6 heteroatoms. The Bertz CT molecular complexity index is 806. The molecule has 0 aliphatic heterocycles. The highest BCUT2D eigenvalue weighted by atomic mass is 32.2. The van der Waals surface area contributed by atoms with Crippen LogP contribution >= 0.6 is 0 Å². The fourth-order valence-electron chi connectivity index (χ4n) is 6.34. The van der Waals surface area contributed by atoms with Crippen LogP contribution in [0.2, 0.25) is 0 Å². The van der Waals surface area contributed by atoms with Gasteiger partial charge in [-0.15, -0.1) is 0 Å². The maximum absolute atomic E-state index is 11.4. The van der Waals surface area contributed by atoms with Crippen molar-refractivity contribution in [2.24, 2.45) is 22.4 Å². The Kier molecular flexibility index (Phi) is 4.47. The zero-order valence-electron chi connectivity index (χ0n) is 15.7. The molecule has 0 bridgehead atoms. The fourth-order valence-corrected chi connectivity index (χ4v) is 6.72. The number of fused-ring (bicyclic) bond motifs is 5. The van der Waals surface area contributed by atoms with Gasteiger partial charge in [0.2, 0.25) is 0 Å². The van der Waals surface area contributed by atoms with Crippen molar-refractivity contribution in [3.63, 3.8) is 0 Å². The van der Waals surface area contributed by atoms with E-state index >= 15 is 0 Å². The molecule has 2 saturated carbocycles. The van der Waals surface area contributed by atoms with E-state index < -0.39 is 10.3 Å². The van der Waals surface area contributed by atoms with E-state index in [0.717, 1.165) is 18.3 Å². The van der Waals surface area contributed by atoms with Gasteiger partial charge >= 0.3 is 10.3 Å². The predicted molar refractivity (Wildman–Crippen MR) is 101 cm³/mol. The van der Waals surface area contributed by atoms with E-state index in [9.17, 15) is 8.42 Å². The molecule has 5 nitrogen and oxygen atoms in total. The van der Waals surface area contributed by atoms with Gasteiger partial charge in [-0.25, -0.2) is 0 Å². The molecule has 0 spiro atoms. The van der Waals surface area contributed by atoms with Gasteiger partial charge in [0.05, 0.1) is 7.11 Å². The van der Waals surface area contributed by atoms with Crippen molar-refractivity contribution < 1.29 is 17.3 Å². The molecule has 1 aromatic carbocycles. The molecular formula is C20H29NO4S. The molecular weight excluding hydrogens is 350 g/mol. The summed E-state index contributed by atoms with van der Waals surface area (Å²) in [4.78, 5) is 0. The van der Waals surface area contributed by atoms with Crippen molar-refractivity contribution in [1.82, 2.24) is 0 Å². The van der Waals surface area contributed by atoms with Crippen molar-refractivity contribution in [2.45, 2.75) is 64.2 Å².